The molecule has 3 N–H and O–H groups in total. The van der Waals surface area contributed by atoms with Crippen molar-refractivity contribution in [3.8, 4) is 0 Å². The predicted octanol–water partition coefficient (Wildman–Crippen LogP) is 3.42. The van der Waals surface area contributed by atoms with Crippen molar-refractivity contribution in [2.45, 2.75) is 19.4 Å². The van der Waals surface area contributed by atoms with Gasteiger partial charge in [-0.25, -0.2) is 0 Å². The van der Waals surface area contributed by atoms with Crippen molar-refractivity contribution >= 4 is 17.0 Å². The zero-order valence-corrected chi connectivity index (χ0v) is 10.8. The minimum Gasteiger partial charge on any atom is -0.376 e. The first-order chi connectivity index (χ1) is 8.33. The van der Waals surface area contributed by atoms with Gasteiger partial charge in [-0.05, 0) is 30.7 Å². The van der Waals surface area contributed by atoms with Crippen molar-refractivity contribution in [2.24, 2.45) is 5.73 Å². The number of para-hydroxylation sites is 1. The van der Waals surface area contributed by atoms with E-state index in [0.29, 0.717) is 6.54 Å². The van der Waals surface area contributed by atoms with Gasteiger partial charge in [0.1, 0.15) is 0 Å². The molecule has 0 spiro atoms. The molecular weight excluding hydrogens is 228 g/mol. The minimum atomic E-state index is 0.211. The summed E-state index contributed by atoms with van der Waals surface area (Å²) >= 11 is 1.84. The maximum Gasteiger partial charge on any atom is 0.0728 e. The summed E-state index contributed by atoms with van der Waals surface area (Å²) in [7, 11) is 0. The lowest BCUT2D eigenvalue weighted by molar-refractivity contribution is 0.806. The van der Waals surface area contributed by atoms with Crippen LogP contribution in [0.4, 0.5) is 5.69 Å². The maximum absolute atomic E-state index is 5.85. The van der Waals surface area contributed by atoms with E-state index in [1.165, 1.54) is 9.75 Å². The topological polar surface area (TPSA) is 38.0 Å². The Balaban J connectivity index is 2.11. The van der Waals surface area contributed by atoms with E-state index in [2.05, 4.69) is 36.5 Å². The average Bonchev–Trinajstić information content (AvgIpc) is 2.86. The van der Waals surface area contributed by atoms with Crippen LogP contribution in [-0.4, -0.2) is 6.54 Å². The summed E-state index contributed by atoms with van der Waals surface area (Å²) in [6, 6.07) is 14.8. The highest BCUT2D eigenvalue weighted by atomic mass is 32.1. The Bertz CT molecular complexity index is 450. The molecule has 2 rings (SSSR count). The van der Waals surface area contributed by atoms with Crippen LogP contribution >= 0.6 is 11.3 Å². The fraction of sp³-hybridized carbons (Fsp3) is 0.286. The number of benzene rings is 1. The fourth-order valence-corrected chi connectivity index (χ4v) is 2.77. The largest absolute Gasteiger partial charge is 0.376 e. The third kappa shape index (κ3) is 3.08. The molecule has 2 aromatic rings. The zero-order chi connectivity index (χ0) is 12.1. The molecule has 0 saturated carbocycles. The summed E-state index contributed by atoms with van der Waals surface area (Å²) in [6.07, 6.45) is 1.09. The molecule has 1 heterocycles. The highest BCUT2D eigenvalue weighted by molar-refractivity contribution is 7.12. The van der Waals surface area contributed by atoms with Crippen molar-refractivity contribution in [1.82, 2.24) is 0 Å². The molecule has 1 atom stereocenters. The van der Waals surface area contributed by atoms with Crippen molar-refractivity contribution < 1.29 is 0 Å². The molecule has 1 aromatic heterocycles. The van der Waals surface area contributed by atoms with Crippen molar-refractivity contribution in [3.05, 3.63) is 52.2 Å². The maximum atomic E-state index is 5.85. The van der Waals surface area contributed by atoms with E-state index in [1.807, 2.05) is 29.5 Å². The second kappa shape index (κ2) is 5.84. The number of hydrogen-bond acceptors (Lipinski definition) is 3. The Labute approximate surface area is 106 Å². The van der Waals surface area contributed by atoms with Gasteiger partial charge in [-0.1, -0.05) is 25.1 Å². The zero-order valence-electron chi connectivity index (χ0n) is 10.0. The Morgan fingerprint density at radius 3 is 2.53 bits per heavy atom. The van der Waals surface area contributed by atoms with Gasteiger partial charge in [-0.2, -0.15) is 0 Å². The lowest BCUT2D eigenvalue weighted by atomic mass is 10.2. The predicted molar refractivity (Wildman–Crippen MR) is 75.6 cm³/mol. The number of hydrogen-bond donors (Lipinski definition) is 2. The van der Waals surface area contributed by atoms with E-state index in [9.17, 15) is 0 Å². The number of rotatable bonds is 5. The average molecular weight is 246 g/mol. The molecule has 1 unspecified atom stereocenters. The minimum absolute atomic E-state index is 0.211. The van der Waals surface area contributed by atoms with Gasteiger partial charge >= 0.3 is 0 Å². The Kier molecular flexibility index (Phi) is 4.18. The van der Waals surface area contributed by atoms with Gasteiger partial charge in [0.15, 0.2) is 0 Å². The van der Waals surface area contributed by atoms with Gasteiger partial charge < -0.3 is 11.1 Å². The number of nitrogens with one attached hydrogen (secondary N) is 1. The molecule has 0 aliphatic rings. The van der Waals surface area contributed by atoms with Crippen molar-refractivity contribution in [2.75, 3.05) is 11.9 Å². The molecular formula is C14H18N2S. The molecule has 0 bridgehead atoms. The van der Waals surface area contributed by atoms with E-state index in [-0.39, 0.29) is 6.04 Å². The van der Waals surface area contributed by atoms with Crippen LogP contribution in [0.5, 0.6) is 0 Å². The third-order valence-corrected chi connectivity index (χ3v) is 4.07. The van der Waals surface area contributed by atoms with E-state index < -0.39 is 0 Å². The summed E-state index contributed by atoms with van der Waals surface area (Å²) in [5.74, 6) is 0. The van der Waals surface area contributed by atoms with Crippen LogP contribution in [0.1, 0.15) is 22.7 Å². The SMILES string of the molecule is CCc1ccc(C(CN)Nc2ccccc2)s1. The Morgan fingerprint density at radius 1 is 1.18 bits per heavy atom. The van der Waals surface area contributed by atoms with E-state index in [1.54, 1.807) is 0 Å². The molecule has 0 aliphatic heterocycles. The smallest absolute Gasteiger partial charge is 0.0728 e. The third-order valence-electron chi connectivity index (χ3n) is 2.72. The number of nitrogens with two attached hydrogens (primary N) is 1. The van der Waals surface area contributed by atoms with E-state index in [0.717, 1.165) is 12.1 Å². The van der Waals surface area contributed by atoms with Gasteiger partial charge in [0.05, 0.1) is 6.04 Å². The first-order valence-corrected chi connectivity index (χ1v) is 6.75. The van der Waals surface area contributed by atoms with Crippen LogP contribution in [-0.2, 0) is 6.42 Å². The Morgan fingerprint density at radius 2 is 1.94 bits per heavy atom. The first kappa shape index (κ1) is 12.1. The van der Waals surface area contributed by atoms with E-state index >= 15 is 0 Å². The molecule has 17 heavy (non-hydrogen) atoms. The lowest BCUT2D eigenvalue weighted by Crippen LogP contribution is -2.19. The lowest BCUT2D eigenvalue weighted by Gasteiger charge is -2.16. The van der Waals surface area contributed by atoms with Crippen molar-refractivity contribution in [1.29, 1.82) is 0 Å². The molecule has 0 aliphatic carbocycles. The first-order valence-electron chi connectivity index (χ1n) is 5.93. The molecule has 1 aromatic carbocycles. The second-order valence-corrected chi connectivity index (χ2v) is 5.16. The van der Waals surface area contributed by atoms with Gasteiger partial charge in [0.25, 0.3) is 0 Å². The standard InChI is InChI=1S/C14H18N2S/c1-2-12-8-9-14(17-12)13(10-15)16-11-6-4-3-5-7-11/h3-9,13,16H,2,10,15H2,1H3. The molecule has 0 saturated heterocycles. The fourth-order valence-electron chi connectivity index (χ4n) is 1.75. The molecule has 90 valence electrons. The van der Waals surface area contributed by atoms with Crippen LogP contribution in [0.3, 0.4) is 0 Å². The summed E-state index contributed by atoms with van der Waals surface area (Å²) < 4.78 is 0. The Hall–Kier alpha value is -1.32. The van der Waals surface area contributed by atoms with Crippen LogP contribution in [0.2, 0.25) is 0 Å². The molecule has 3 heteroatoms. The van der Waals surface area contributed by atoms with Crippen LogP contribution in [0.25, 0.3) is 0 Å². The second-order valence-electron chi connectivity index (χ2n) is 3.96. The van der Waals surface area contributed by atoms with Crippen LogP contribution in [0, 0.1) is 0 Å². The molecule has 2 nitrogen and oxygen atoms in total. The number of thiophene rings is 1. The van der Waals surface area contributed by atoms with Crippen LogP contribution in [0.15, 0.2) is 42.5 Å². The normalized spacial score (nSPS) is 12.4. The van der Waals surface area contributed by atoms with E-state index in [4.69, 9.17) is 5.73 Å². The van der Waals surface area contributed by atoms with Crippen LogP contribution < -0.4 is 11.1 Å². The molecule has 0 amide bonds. The molecule has 0 fully saturated rings. The van der Waals surface area contributed by atoms with Crippen molar-refractivity contribution in [3.63, 3.8) is 0 Å². The monoisotopic (exact) mass is 246 g/mol. The highest BCUT2D eigenvalue weighted by Crippen LogP contribution is 2.26. The summed E-state index contributed by atoms with van der Waals surface area (Å²) in [5.41, 5.74) is 6.97. The summed E-state index contributed by atoms with van der Waals surface area (Å²) in [5, 5.41) is 3.47. The van der Waals surface area contributed by atoms with Gasteiger partial charge in [-0.15, -0.1) is 11.3 Å². The van der Waals surface area contributed by atoms with Gasteiger partial charge in [-0.3, -0.25) is 0 Å². The van der Waals surface area contributed by atoms with Gasteiger partial charge in [0, 0.05) is 22.0 Å². The van der Waals surface area contributed by atoms with Gasteiger partial charge in [0.2, 0.25) is 0 Å². The number of aryl methyl sites for hydroxylation is 1. The summed E-state index contributed by atoms with van der Waals surface area (Å²) in [4.78, 5) is 2.72. The highest BCUT2D eigenvalue weighted by Gasteiger charge is 2.11. The number of anilines is 1. The molecule has 0 radical (unpaired) electrons. The summed E-state index contributed by atoms with van der Waals surface area (Å²) in [6.45, 7) is 2.79. The quantitative estimate of drug-likeness (QED) is 0.848.